The quantitative estimate of drug-likeness (QED) is 0.704. The maximum atomic E-state index is 5.81. The van der Waals surface area contributed by atoms with Crippen LogP contribution in [0.25, 0.3) is 0 Å². The third kappa shape index (κ3) is 2.29. The smallest absolute Gasteiger partial charge is 0.100 e. The van der Waals surface area contributed by atoms with E-state index >= 15 is 0 Å². The van der Waals surface area contributed by atoms with Gasteiger partial charge in [0.25, 0.3) is 0 Å². The van der Waals surface area contributed by atoms with Crippen LogP contribution in [-0.4, -0.2) is 26.2 Å². The lowest BCUT2D eigenvalue weighted by Crippen LogP contribution is -2.28. The molecule has 0 amide bonds. The van der Waals surface area contributed by atoms with Gasteiger partial charge in [0.05, 0.1) is 6.10 Å². The van der Waals surface area contributed by atoms with Crippen molar-refractivity contribution in [1.29, 1.82) is 0 Å². The molecule has 0 saturated heterocycles. The molecule has 0 aromatic carbocycles. The molecule has 0 aliphatic heterocycles. The van der Waals surface area contributed by atoms with Gasteiger partial charge in [0.2, 0.25) is 0 Å². The highest BCUT2D eigenvalue weighted by molar-refractivity contribution is 5.27. The van der Waals surface area contributed by atoms with Crippen LogP contribution in [0.4, 0.5) is 0 Å². The first-order chi connectivity index (χ1) is 6.81. The number of hydrogen-bond acceptors (Lipinski definition) is 3. The Kier molecular flexibility index (Phi) is 2.77. The highest BCUT2D eigenvalue weighted by atomic mass is 16.5. The lowest BCUT2D eigenvalue weighted by molar-refractivity contribution is 0.182. The summed E-state index contributed by atoms with van der Waals surface area (Å²) < 4.78 is 5.81. The van der Waals surface area contributed by atoms with Crippen molar-refractivity contribution in [1.82, 2.24) is 10.6 Å². The topological polar surface area (TPSA) is 33.3 Å². The zero-order chi connectivity index (χ0) is 9.97. The average Bonchev–Trinajstić information content (AvgIpc) is 3.01. The molecule has 2 rings (SSSR count). The van der Waals surface area contributed by atoms with Gasteiger partial charge in [-0.1, -0.05) is 0 Å². The molecule has 3 nitrogen and oxygen atoms in total. The van der Waals surface area contributed by atoms with E-state index in [4.69, 9.17) is 4.74 Å². The monoisotopic (exact) mass is 194 g/mol. The molecule has 14 heavy (non-hydrogen) atoms. The first-order valence-electron chi connectivity index (χ1n) is 5.26. The van der Waals surface area contributed by atoms with E-state index in [2.05, 4.69) is 22.8 Å². The summed E-state index contributed by atoms with van der Waals surface area (Å²) in [6.07, 6.45) is 8.21. The molecule has 2 aliphatic carbocycles. The van der Waals surface area contributed by atoms with Crippen molar-refractivity contribution in [2.45, 2.75) is 31.4 Å². The Balaban J connectivity index is 2.00. The standard InChI is InChI=1S/C11H18N2O/c1-12-8-5-9(13-2)7-11(6-8)14-10-3-4-10/h5-6,9-10,12-13H,3-4,7H2,1-2H3. The molecule has 1 unspecified atom stereocenters. The molecule has 0 spiro atoms. The molecule has 0 aromatic heterocycles. The van der Waals surface area contributed by atoms with Gasteiger partial charge < -0.3 is 15.4 Å². The van der Waals surface area contributed by atoms with Crippen LogP contribution >= 0.6 is 0 Å². The molecule has 1 fully saturated rings. The Bertz CT molecular complexity index is 266. The molecule has 1 saturated carbocycles. The van der Waals surface area contributed by atoms with Gasteiger partial charge in [0, 0.05) is 25.2 Å². The first-order valence-corrected chi connectivity index (χ1v) is 5.26. The Morgan fingerprint density at radius 2 is 2.14 bits per heavy atom. The molecule has 3 heteroatoms. The largest absolute Gasteiger partial charge is 0.495 e. The van der Waals surface area contributed by atoms with E-state index in [0.29, 0.717) is 12.1 Å². The molecule has 2 aliphatic rings. The molecule has 0 heterocycles. The molecule has 0 bridgehead atoms. The van der Waals surface area contributed by atoms with Gasteiger partial charge in [-0.05, 0) is 32.0 Å². The van der Waals surface area contributed by atoms with Crippen LogP contribution in [-0.2, 0) is 4.74 Å². The van der Waals surface area contributed by atoms with Gasteiger partial charge in [-0.15, -0.1) is 0 Å². The molecule has 0 radical (unpaired) electrons. The fraction of sp³-hybridized carbons (Fsp3) is 0.636. The fourth-order valence-electron chi connectivity index (χ4n) is 1.60. The second-order valence-corrected chi connectivity index (χ2v) is 3.90. The summed E-state index contributed by atoms with van der Waals surface area (Å²) >= 11 is 0. The fourth-order valence-corrected chi connectivity index (χ4v) is 1.60. The predicted molar refractivity (Wildman–Crippen MR) is 56.8 cm³/mol. The maximum Gasteiger partial charge on any atom is 0.100 e. The second-order valence-electron chi connectivity index (χ2n) is 3.90. The van der Waals surface area contributed by atoms with E-state index < -0.39 is 0 Å². The lowest BCUT2D eigenvalue weighted by atomic mass is 10.1. The zero-order valence-corrected chi connectivity index (χ0v) is 8.84. The van der Waals surface area contributed by atoms with Gasteiger partial charge >= 0.3 is 0 Å². The van der Waals surface area contributed by atoms with Crippen molar-refractivity contribution in [2.75, 3.05) is 14.1 Å². The summed E-state index contributed by atoms with van der Waals surface area (Å²) in [4.78, 5) is 0. The Morgan fingerprint density at radius 3 is 2.71 bits per heavy atom. The van der Waals surface area contributed by atoms with Crippen LogP contribution in [0.1, 0.15) is 19.3 Å². The molecular formula is C11H18N2O. The summed E-state index contributed by atoms with van der Waals surface area (Å²) in [6, 6.07) is 0.399. The van der Waals surface area contributed by atoms with Crippen molar-refractivity contribution in [2.24, 2.45) is 0 Å². The van der Waals surface area contributed by atoms with Crippen LogP contribution in [0.5, 0.6) is 0 Å². The summed E-state index contributed by atoms with van der Waals surface area (Å²) in [6.45, 7) is 0. The van der Waals surface area contributed by atoms with Gasteiger partial charge in [0.1, 0.15) is 5.76 Å². The van der Waals surface area contributed by atoms with E-state index in [9.17, 15) is 0 Å². The second kappa shape index (κ2) is 4.05. The number of likely N-dealkylation sites (N-methyl/N-ethyl adjacent to an activating group) is 2. The highest BCUT2D eigenvalue weighted by Gasteiger charge is 2.26. The number of allylic oxidation sites excluding steroid dienone is 1. The van der Waals surface area contributed by atoms with Crippen molar-refractivity contribution >= 4 is 0 Å². The van der Waals surface area contributed by atoms with Gasteiger partial charge in [-0.2, -0.15) is 0 Å². The van der Waals surface area contributed by atoms with Gasteiger partial charge in [-0.25, -0.2) is 0 Å². The molecular weight excluding hydrogens is 176 g/mol. The summed E-state index contributed by atoms with van der Waals surface area (Å²) in [5.41, 5.74) is 1.14. The molecule has 1 atom stereocenters. The van der Waals surface area contributed by atoms with Crippen molar-refractivity contribution in [3.8, 4) is 0 Å². The Labute approximate surface area is 85.2 Å². The highest BCUT2D eigenvalue weighted by Crippen LogP contribution is 2.29. The minimum Gasteiger partial charge on any atom is -0.495 e. The van der Waals surface area contributed by atoms with Crippen molar-refractivity contribution in [3.63, 3.8) is 0 Å². The van der Waals surface area contributed by atoms with Crippen LogP contribution in [0.15, 0.2) is 23.6 Å². The third-order valence-electron chi connectivity index (χ3n) is 2.62. The zero-order valence-electron chi connectivity index (χ0n) is 8.84. The Morgan fingerprint density at radius 1 is 1.36 bits per heavy atom. The molecule has 0 aromatic rings. The first kappa shape index (κ1) is 9.59. The van der Waals surface area contributed by atoms with E-state index in [1.807, 2.05) is 14.1 Å². The number of nitrogens with one attached hydrogen (secondary N) is 2. The van der Waals surface area contributed by atoms with E-state index in [-0.39, 0.29) is 0 Å². The number of hydrogen-bond donors (Lipinski definition) is 2. The van der Waals surface area contributed by atoms with E-state index in [1.54, 1.807) is 0 Å². The lowest BCUT2D eigenvalue weighted by Gasteiger charge is -2.21. The van der Waals surface area contributed by atoms with Crippen molar-refractivity contribution in [3.05, 3.63) is 23.6 Å². The summed E-state index contributed by atoms with van der Waals surface area (Å²) in [7, 11) is 3.92. The van der Waals surface area contributed by atoms with Gasteiger partial charge in [-0.3, -0.25) is 0 Å². The normalized spacial score (nSPS) is 26.6. The van der Waals surface area contributed by atoms with Gasteiger partial charge in [0.15, 0.2) is 0 Å². The van der Waals surface area contributed by atoms with Crippen LogP contribution in [0, 0.1) is 0 Å². The van der Waals surface area contributed by atoms with Crippen LogP contribution < -0.4 is 10.6 Å². The van der Waals surface area contributed by atoms with E-state index in [0.717, 1.165) is 17.9 Å². The molecule has 2 N–H and O–H groups in total. The maximum absolute atomic E-state index is 5.81. The SMILES string of the molecule is CNC1=CC(NC)CC(OC2CC2)=C1. The third-order valence-corrected chi connectivity index (χ3v) is 2.62. The number of rotatable bonds is 4. The minimum absolute atomic E-state index is 0.399. The van der Waals surface area contributed by atoms with Crippen LogP contribution in [0.2, 0.25) is 0 Å². The average molecular weight is 194 g/mol. The molecule has 78 valence electrons. The predicted octanol–water partition coefficient (Wildman–Crippen LogP) is 1.14. The van der Waals surface area contributed by atoms with Crippen molar-refractivity contribution < 1.29 is 4.74 Å². The summed E-state index contributed by atoms with van der Waals surface area (Å²) in [5.74, 6) is 1.11. The van der Waals surface area contributed by atoms with E-state index in [1.165, 1.54) is 12.8 Å². The number of ether oxygens (including phenoxy) is 1. The minimum atomic E-state index is 0.399. The Hall–Kier alpha value is -0.960. The summed E-state index contributed by atoms with van der Waals surface area (Å²) in [5, 5.41) is 6.41. The van der Waals surface area contributed by atoms with Crippen LogP contribution in [0.3, 0.4) is 0 Å².